The molecule has 3 rings (SSSR count). The third-order valence-electron chi connectivity index (χ3n) is 3.00. The summed E-state index contributed by atoms with van der Waals surface area (Å²) < 4.78 is 10.7. The Morgan fingerprint density at radius 2 is 1.95 bits per heavy atom. The van der Waals surface area contributed by atoms with Gasteiger partial charge in [0.1, 0.15) is 12.3 Å². The SMILES string of the molecule is O=C(OCc1cc(-c2ccccc2)on1)c1cccc[n+]1[O-]. The Bertz CT molecular complexity index is 784. The molecule has 0 unspecified atom stereocenters. The van der Waals surface area contributed by atoms with Gasteiger partial charge in [0.2, 0.25) is 0 Å². The lowest BCUT2D eigenvalue weighted by atomic mass is 10.2. The van der Waals surface area contributed by atoms with Gasteiger partial charge in [-0.25, -0.2) is 4.79 Å². The molecule has 0 spiro atoms. The topological polar surface area (TPSA) is 79.3 Å². The van der Waals surface area contributed by atoms with Crippen molar-refractivity contribution >= 4 is 5.97 Å². The maximum atomic E-state index is 11.8. The van der Waals surface area contributed by atoms with Crippen LogP contribution in [-0.2, 0) is 11.3 Å². The third kappa shape index (κ3) is 2.95. The van der Waals surface area contributed by atoms with E-state index in [1.165, 1.54) is 18.3 Å². The molecule has 0 fully saturated rings. The molecule has 0 aliphatic heterocycles. The molecule has 0 atom stereocenters. The smallest absolute Gasteiger partial charge is 0.405 e. The van der Waals surface area contributed by atoms with Crippen molar-refractivity contribution in [2.75, 3.05) is 0 Å². The van der Waals surface area contributed by atoms with E-state index in [2.05, 4.69) is 5.16 Å². The molecule has 6 heteroatoms. The molecule has 1 aromatic carbocycles. The second-order valence-corrected chi connectivity index (χ2v) is 4.54. The highest BCUT2D eigenvalue weighted by Gasteiger charge is 2.17. The Balaban J connectivity index is 1.67. The van der Waals surface area contributed by atoms with Crippen LogP contribution in [0.5, 0.6) is 0 Å². The minimum atomic E-state index is -0.708. The molecule has 0 amide bonds. The number of hydrogen-bond acceptors (Lipinski definition) is 5. The standard InChI is InChI=1S/C16H12N2O4/c19-16(14-8-4-5-9-18(14)20)21-11-13-10-15(22-17-13)12-6-2-1-3-7-12/h1-10H,11H2. The number of rotatable bonds is 4. The monoisotopic (exact) mass is 296 g/mol. The van der Waals surface area contributed by atoms with Crippen LogP contribution < -0.4 is 4.73 Å². The van der Waals surface area contributed by atoms with Crippen LogP contribution in [0.25, 0.3) is 11.3 Å². The number of hydrogen-bond donors (Lipinski definition) is 0. The predicted molar refractivity (Wildman–Crippen MR) is 76.5 cm³/mol. The first-order chi connectivity index (χ1) is 10.7. The first kappa shape index (κ1) is 13.8. The Morgan fingerprint density at radius 1 is 1.18 bits per heavy atom. The fraction of sp³-hybridized carbons (Fsp3) is 0.0625. The third-order valence-corrected chi connectivity index (χ3v) is 3.00. The fourth-order valence-electron chi connectivity index (χ4n) is 1.92. The summed E-state index contributed by atoms with van der Waals surface area (Å²) in [7, 11) is 0. The van der Waals surface area contributed by atoms with E-state index in [1.54, 1.807) is 12.1 Å². The molecule has 110 valence electrons. The molecular weight excluding hydrogens is 284 g/mol. The van der Waals surface area contributed by atoms with E-state index in [9.17, 15) is 10.0 Å². The number of aromatic nitrogens is 2. The normalized spacial score (nSPS) is 10.4. The Morgan fingerprint density at radius 3 is 2.73 bits per heavy atom. The largest absolute Gasteiger partial charge is 0.618 e. The molecule has 3 aromatic rings. The molecule has 2 heterocycles. The maximum Gasteiger partial charge on any atom is 0.405 e. The summed E-state index contributed by atoms with van der Waals surface area (Å²) in [4.78, 5) is 11.8. The first-order valence-electron chi connectivity index (χ1n) is 6.60. The van der Waals surface area contributed by atoms with E-state index < -0.39 is 5.97 Å². The van der Waals surface area contributed by atoms with Gasteiger partial charge in [0.25, 0.3) is 0 Å². The van der Waals surface area contributed by atoms with E-state index in [4.69, 9.17) is 9.26 Å². The predicted octanol–water partition coefficient (Wildman–Crippen LogP) is 2.33. The molecule has 0 N–H and O–H groups in total. The number of carbonyl (C=O) groups is 1. The molecule has 0 saturated heterocycles. The van der Waals surface area contributed by atoms with Crippen LogP contribution in [0.4, 0.5) is 0 Å². The molecule has 6 nitrogen and oxygen atoms in total. The summed E-state index contributed by atoms with van der Waals surface area (Å²) in [5, 5.41) is 15.3. The van der Waals surface area contributed by atoms with E-state index >= 15 is 0 Å². The van der Waals surface area contributed by atoms with Gasteiger partial charge in [0, 0.05) is 23.8 Å². The van der Waals surface area contributed by atoms with Gasteiger partial charge in [-0.2, -0.15) is 4.73 Å². The van der Waals surface area contributed by atoms with E-state index in [1.807, 2.05) is 30.3 Å². The summed E-state index contributed by atoms with van der Waals surface area (Å²) in [6.07, 6.45) is 1.24. The number of ether oxygens (including phenoxy) is 1. The Kier molecular flexibility index (Phi) is 3.82. The van der Waals surface area contributed by atoms with Crippen LogP contribution in [0.3, 0.4) is 0 Å². The summed E-state index contributed by atoms with van der Waals surface area (Å²) in [5.41, 5.74) is 1.28. The second kappa shape index (κ2) is 6.09. The molecule has 0 saturated carbocycles. The fourth-order valence-corrected chi connectivity index (χ4v) is 1.92. The molecule has 0 aliphatic rings. The second-order valence-electron chi connectivity index (χ2n) is 4.54. The Hall–Kier alpha value is -3.15. The molecule has 22 heavy (non-hydrogen) atoms. The van der Waals surface area contributed by atoms with Crippen molar-refractivity contribution in [3.8, 4) is 11.3 Å². The van der Waals surface area contributed by atoms with Gasteiger partial charge in [-0.15, -0.1) is 0 Å². The van der Waals surface area contributed by atoms with Crippen molar-refractivity contribution in [1.82, 2.24) is 5.16 Å². The van der Waals surface area contributed by atoms with Crippen molar-refractivity contribution in [3.63, 3.8) is 0 Å². The molecular formula is C16H12N2O4. The van der Waals surface area contributed by atoms with Crippen LogP contribution >= 0.6 is 0 Å². The van der Waals surface area contributed by atoms with Gasteiger partial charge in [-0.1, -0.05) is 35.5 Å². The van der Waals surface area contributed by atoms with Crippen molar-refractivity contribution in [2.45, 2.75) is 6.61 Å². The van der Waals surface area contributed by atoms with Crippen LogP contribution in [0, 0.1) is 5.21 Å². The highest BCUT2D eigenvalue weighted by molar-refractivity contribution is 5.85. The molecule has 2 aromatic heterocycles. The van der Waals surface area contributed by atoms with Crippen LogP contribution in [0.2, 0.25) is 0 Å². The summed E-state index contributed by atoms with van der Waals surface area (Å²) in [6, 6.07) is 15.7. The maximum absolute atomic E-state index is 11.8. The number of nitrogens with zero attached hydrogens (tertiary/aromatic N) is 2. The molecule has 0 aliphatic carbocycles. The van der Waals surface area contributed by atoms with Crippen molar-refractivity contribution in [1.29, 1.82) is 0 Å². The highest BCUT2D eigenvalue weighted by atomic mass is 16.5. The van der Waals surface area contributed by atoms with E-state index in [0.29, 0.717) is 16.2 Å². The lowest BCUT2D eigenvalue weighted by Gasteiger charge is -2.03. The van der Waals surface area contributed by atoms with E-state index in [0.717, 1.165) is 5.56 Å². The van der Waals surface area contributed by atoms with E-state index in [-0.39, 0.29) is 12.3 Å². The number of carbonyl (C=O) groups excluding carboxylic acids is 1. The van der Waals surface area contributed by atoms with Gasteiger partial charge in [-0.05, 0) is 6.07 Å². The summed E-state index contributed by atoms with van der Waals surface area (Å²) in [6.45, 7) is -0.0654. The summed E-state index contributed by atoms with van der Waals surface area (Å²) >= 11 is 0. The van der Waals surface area contributed by atoms with Gasteiger partial charge in [-0.3, -0.25) is 0 Å². The van der Waals surface area contributed by atoms with Gasteiger partial charge in [0.05, 0.1) is 0 Å². The van der Waals surface area contributed by atoms with Crippen LogP contribution in [0.15, 0.2) is 65.3 Å². The van der Waals surface area contributed by atoms with Crippen molar-refractivity contribution in [3.05, 3.63) is 77.4 Å². The number of benzene rings is 1. The number of esters is 1. The van der Waals surface area contributed by atoms with Gasteiger partial charge >= 0.3 is 11.7 Å². The zero-order valence-electron chi connectivity index (χ0n) is 11.5. The zero-order chi connectivity index (χ0) is 15.4. The average Bonchev–Trinajstić information content (AvgIpc) is 3.03. The lowest BCUT2D eigenvalue weighted by molar-refractivity contribution is -0.608. The average molecular weight is 296 g/mol. The highest BCUT2D eigenvalue weighted by Crippen LogP contribution is 2.20. The minimum absolute atomic E-state index is 0.0654. The van der Waals surface area contributed by atoms with Crippen LogP contribution in [-0.4, -0.2) is 11.1 Å². The Labute approximate surface area is 126 Å². The van der Waals surface area contributed by atoms with Gasteiger partial charge < -0.3 is 14.5 Å². The minimum Gasteiger partial charge on any atom is -0.618 e. The molecule has 0 radical (unpaired) electrons. The van der Waals surface area contributed by atoms with Gasteiger partial charge in [0.15, 0.2) is 12.0 Å². The van der Waals surface area contributed by atoms with Crippen LogP contribution in [0.1, 0.15) is 16.2 Å². The lowest BCUT2D eigenvalue weighted by Crippen LogP contribution is -2.34. The number of pyridine rings is 1. The quantitative estimate of drug-likeness (QED) is 0.419. The molecule has 0 bridgehead atoms. The van der Waals surface area contributed by atoms with Crippen molar-refractivity contribution < 1.29 is 18.8 Å². The zero-order valence-corrected chi connectivity index (χ0v) is 11.5. The summed E-state index contributed by atoms with van der Waals surface area (Å²) in [5.74, 6) is -0.120. The van der Waals surface area contributed by atoms with Crippen molar-refractivity contribution in [2.24, 2.45) is 0 Å². The first-order valence-corrected chi connectivity index (χ1v) is 6.60.